The van der Waals surface area contributed by atoms with E-state index in [0.29, 0.717) is 5.89 Å². The van der Waals surface area contributed by atoms with E-state index < -0.39 is 0 Å². The van der Waals surface area contributed by atoms with Gasteiger partial charge in [0, 0.05) is 38.9 Å². The van der Waals surface area contributed by atoms with Crippen molar-refractivity contribution in [2.24, 2.45) is 0 Å². The zero-order valence-corrected chi connectivity index (χ0v) is 25.2. The van der Waals surface area contributed by atoms with E-state index in [1.807, 2.05) is 30.3 Å². The van der Waals surface area contributed by atoms with Gasteiger partial charge in [-0.15, -0.1) is 0 Å². The van der Waals surface area contributed by atoms with Crippen molar-refractivity contribution in [1.29, 1.82) is 0 Å². The van der Waals surface area contributed by atoms with E-state index in [0.717, 1.165) is 55.3 Å². The van der Waals surface area contributed by atoms with Crippen LogP contribution in [0, 0.1) is 0 Å². The van der Waals surface area contributed by atoms with Gasteiger partial charge in [0.15, 0.2) is 5.58 Å². The molecule has 7 aromatic carbocycles. The Balaban J connectivity index is 1.10. The van der Waals surface area contributed by atoms with Gasteiger partial charge in [-0.05, 0) is 82.9 Å². The second kappa shape index (κ2) is 10.1. The molecule has 0 aliphatic rings. The molecule has 0 amide bonds. The average Bonchev–Trinajstić information content (AvgIpc) is 3.82. The smallest absolute Gasteiger partial charge is 0.227 e. The minimum Gasteiger partial charge on any atom is -0.456 e. The molecule has 3 aromatic heterocycles. The number of rotatable bonds is 4. The monoisotopic (exact) mass is 602 g/mol. The van der Waals surface area contributed by atoms with Crippen molar-refractivity contribution in [2.45, 2.75) is 0 Å². The summed E-state index contributed by atoms with van der Waals surface area (Å²) in [5.41, 5.74) is 12.3. The number of para-hydroxylation sites is 1. The molecule has 0 unspecified atom stereocenters. The Morgan fingerprint density at radius 2 is 0.979 bits per heavy atom. The summed E-state index contributed by atoms with van der Waals surface area (Å²) in [5, 5.41) is 4.55. The highest BCUT2D eigenvalue weighted by atomic mass is 16.4. The van der Waals surface area contributed by atoms with Crippen LogP contribution in [0.3, 0.4) is 0 Å². The van der Waals surface area contributed by atoms with Gasteiger partial charge in [-0.1, -0.05) is 91.0 Å². The highest BCUT2D eigenvalue weighted by Crippen LogP contribution is 2.38. The molecule has 3 heterocycles. The predicted octanol–water partition coefficient (Wildman–Crippen LogP) is 11.8. The molecule has 47 heavy (non-hydrogen) atoms. The van der Waals surface area contributed by atoms with Gasteiger partial charge in [0.25, 0.3) is 0 Å². The number of fused-ring (bicyclic) bond motifs is 7. The first kappa shape index (κ1) is 25.9. The molecular weight excluding hydrogens is 576 g/mol. The summed E-state index contributed by atoms with van der Waals surface area (Å²) < 4.78 is 14.7. The maximum atomic E-state index is 6.30. The maximum Gasteiger partial charge on any atom is 0.227 e. The molecule has 0 bridgehead atoms. The van der Waals surface area contributed by atoms with Crippen LogP contribution in [0.5, 0.6) is 0 Å². The number of nitrogens with zero attached hydrogens (tertiary/aromatic N) is 2. The maximum absolute atomic E-state index is 6.30. The summed E-state index contributed by atoms with van der Waals surface area (Å²) in [5.74, 6) is 0.589. The summed E-state index contributed by atoms with van der Waals surface area (Å²) in [6.07, 6.45) is 0. The topological polar surface area (TPSA) is 44.1 Å². The second-order valence-electron chi connectivity index (χ2n) is 12.0. The lowest BCUT2D eigenvalue weighted by molar-refractivity contribution is 0.620. The lowest BCUT2D eigenvalue weighted by atomic mass is 10.0. The molecule has 0 saturated heterocycles. The van der Waals surface area contributed by atoms with Gasteiger partial charge in [-0.2, -0.15) is 0 Å². The molecule has 0 aliphatic carbocycles. The molecule has 0 N–H and O–H groups in total. The van der Waals surface area contributed by atoms with Crippen molar-refractivity contribution in [3.8, 4) is 39.4 Å². The minimum absolute atomic E-state index is 0.589. The third kappa shape index (κ3) is 4.12. The van der Waals surface area contributed by atoms with Crippen molar-refractivity contribution in [3.05, 3.63) is 158 Å². The standard InChI is InChI=1S/C43H26N2O2/c1-3-9-27(10-4-1)30-17-21-38-34(23-30)35-24-31(28-11-5-2-6-12-28)18-22-39(35)45(38)32-19-15-29(16-20-32)43-44-37-26-41-36(25-42(37)47-43)33-13-7-8-14-40(33)46-41/h1-26H. The molecule has 0 radical (unpaired) electrons. The number of hydrogen-bond acceptors (Lipinski definition) is 3. The van der Waals surface area contributed by atoms with Crippen molar-refractivity contribution in [1.82, 2.24) is 9.55 Å². The fraction of sp³-hybridized carbons (Fsp3) is 0. The molecule has 0 aliphatic heterocycles. The van der Waals surface area contributed by atoms with Gasteiger partial charge < -0.3 is 13.4 Å². The third-order valence-electron chi connectivity index (χ3n) is 9.24. The summed E-state index contributed by atoms with van der Waals surface area (Å²) in [6.45, 7) is 0. The van der Waals surface area contributed by atoms with Crippen LogP contribution in [0.4, 0.5) is 0 Å². The first-order valence-electron chi connectivity index (χ1n) is 15.8. The van der Waals surface area contributed by atoms with Crippen molar-refractivity contribution in [3.63, 3.8) is 0 Å². The largest absolute Gasteiger partial charge is 0.456 e. The fourth-order valence-corrected chi connectivity index (χ4v) is 6.94. The lowest BCUT2D eigenvalue weighted by Gasteiger charge is -2.09. The number of aromatic nitrogens is 2. The first-order valence-corrected chi connectivity index (χ1v) is 15.8. The van der Waals surface area contributed by atoms with E-state index in [1.165, 1.54) is 33.0 Å². The summed E-state index contributed by atoms with van der Waals surface area (Å²) in [4.78, 5) is 4.84. The third-order valence-corrected chi connectivity index (χ3v) is 9.24. The molecule has 4 heteroatoms. The van der Waals surface area contributed by atoms with Crippen LogP contribution in [0.2, 0.25) is 0 Å². The Kier molecular flexibility index (Phi) is 5.54. The van der Waals surface area contributed by atoms with Crippen LogP contribution >= 0.6 is 0 Å². The molecule has 0 spiro atoms. The van der Waals surface area contributed by atoms with E-state index in [-0.39, 0.29) is 0 Å². The number of furan rings is 1. The quantitative estimate of drug-likeness (QED) is 0.201. The van der Waals surface area contributed by atoms with Gasteiger partial charge in [0.2, 0.25) is 5.89 Å². The Morgan fingerprint density at radius 1 is 0.383 bits per heavy atom. The Hall–Kier alpha value is -6.39. The zero-order valence-electron chi connectivity index (χ0n) is 25.2. The Bertz CT molecular complexity index is 2670. The Labute approximate surface area is 269 Å². The fourth-order valence-electron chi connectivity index (χ4n) is 6.94. The van der Waals surface area contributed by atoms with Gasteiger partial charge in [-0.3, -0.25) is 0 Å². The number of benzene rings is 7. The van der Waals surface area contributed by atoms with E-state index >= 15 is 0 Å². The minimum atomic E-state index is 0.589. The molecule has 0 fully saturated rings. The van der Waals surface area contributed by atoms with Crippen molar-refractivity contribution in [2.75, 3.05) is 0 Å². The van der Waals surface area contributed by atoms with E-state index in [2.05, 4.69) is 132 Å². The van der Waals surface area contributed by atoms with E-state index in [9.17, 15) is 0 Å². The van der Waals surface area contributed by atoms with Gasteiger partial charge in [-0.25, -0.2) is 4.98 Å². The van der Waals surface area contributed by atoms with Gasteiger partial charge in [0.1, 0.15) is 16.7 Å². The molecule has 220 valence electrons. The van der Waals surface area contributed by atoms with Crippen LogP contribution in [0.1, 0.15) is 0 Å². The normalized spacial score (nSPS) is 11.8. The molecule has 10 rings (SSSR count). The zero-order chi connectivity index (χ0) is 30.9. The van der Waals surface area contributed by atoms with Crippen molar-refractivity contribution >= 4 is 54.8 Å². The van der Waals surface area contributed by atoms with Crippen LogP contribution in [-0.2, 0) is 0 Å². The number of hydrogen-bond donors (Lipinski definition) is 0. The van der Waals surface area contributed by atoms with Crippen LogP contribution in [-0.4, -0.2) is 9.55 Å². The molecular formula is C43H26N2O2. The molecule has 0 atom stereocenters. The highest BCUT2D eigenvalue weighted by molar-refractivity contribution is 6.12. The summed E-state index contributed by atoms with van der Waals surface area (Å²) in [6, 6.07) is 55.3. The number of oxazole rings is 1. The van der Waals surface area contributed by atoms with Crippen LogP contribution in [0.25, 0.3) is 94.2 Å². The molecule has 10 aromatic rings. The predicted molar refractivity (Wildman–Crippen MR) is 192 cm³/mol. The average molecular weight is 603 g/mol. The highest BCUT2D eigenvalue weighted by Gasteiger charge is 2.17. The molecule has 0 saturated carbocycles. The van der Waals surface area contributed by atoms with Crippen LogP contribution in [0.15, 0.2) is 167 Å². The second-order valence-corrected chi connectivity index (χ2v) is 12.0. The van der Waals surface area contributed by atoms with Gasteiger partial charge in [0.05, 0.1) is 11.0 Å². The lowest BCUT2D eigenvalue weighted by Crippen LogP contribution is -1.94. The van der Waals surface area contributed by atoms with Crippen molar-refractivity contribution < 1.29 is 8.83 Å². The molecule has 4 nitrogen and oxygen atoms in total. The SMILES string of the molecule is c1ccc(-c2ccc3c(c2)c2cc(-c4ccccc4)ccc2n3-c2ccc(-c3nc4cc5oc6ccccc6c5cc4o3)cc2)cc1. The Morgan fingerprint density at radius 3 is 1.64 bits per heavy atom. The van der Waals surface area contributed by atoms with E-state index in [1.54, 1.807) is 0 Å². The first-order chi connectivity index (χ1) is 23.3. The van der Waals surface area contributed by atoms with Gasteiger partial charge >= 0.3 is 0 Å². The summed E-state index contributed by atoms with van der Waals surface area (Å²) in [7, 11) is 0. The van der Waals surface area contributed by atoms with Crippen LogP contribution < -0.4 is 0 Å². The van der Waals surface area contributed by atoms with E-state index in [4.69, 9.17) is 13.8 Å². The summed E-state index contributed by atoms with van der Waals surface area (Å²) >= 11 is 0.